The number of piperidine rings is 1. The molecule has 1 saturated heterocycles. The number of carboxylic acid groups (broad SMARTS) is 1. The van der Waals surface area contributed by atoms with Crippen molar-refractivity contribution in [2.75, 3.05) is 18.0 Å². The Kier molecular flexibility index (Phi) is 3.47. The summed E-state index contributed by atoms with van der Waals surface area (Å²) in [6.45, 7) is 0.347. The third-order valence-electron chi connectivity index (χ3n) is 2.73. The number of aromatic carboxylic acids is 1. The lowest BCUT2D eigenvalue weighted by Crippen LogP contribution is -2.40. The molecular formula is C10H10BrF2N3O2. The van der Waals surface area contributed by atoms with E-state index in [9.17, 15) is 13.6 Å². The van der Waals surface area contributed by atoms with Gasteiger partial charge < -0.3 is 10.0 Å². The third-order valence-corrected chi connectivity index (χ3v) is 3.26. The fraction of sp³-hybridized carbons (Fsp3) is 0.500. The molecule has 98 valence electrons. The van der Waals surface area contributed by atoms with Gasteiger partial charge >= 0.3 is 5.97 Å². The number of carbonyl (C=O) groups is 1. The van der Waals surface area contributed by atoms with E-state index in [1.165, 1.54) is 0 Å². The molecule has 0 unspecified atom stereocenters. The summed E-state index contributed by atoms with van der Waals surface area (Å²) >= 11 is 3.11. The van der Waals surface area contributed by atoms with Gasteiger partial charge in [-0.3, -0.25) is 0 Å². The standard InChI is InChI=1S/C10H10BrF2N3O2/c11-7-8(14-5-6(15-7)9(17)18)16-3-1-10(12,13)2-4-16/h5H,1-4H2,(H,17,18). The van der Waals surface area contributed by atoms with Crippen molar-refractivity contribution in [1.29, 1.82) is 0 Å². The number of nitrogens with zero attached hydrogens (tertiary/aromatic N) is 3. The molecule has 2 rings (SSSR count). The van der Waals surface area contributed by atoms with E-state index in [4.69, 9.17) is 5.11 Å². The molecule has 0 spiro atoms. The van der Waals surface area contributed by atoms with E-state index in [1.807, 2.05) is 0 Å². The summed E-state index contributed by atoms with van der Waals surface area (Å²) in [6, 6.07) is 0. The van der Waals surface area contributed by atoms with Crippen LogP contribution in [0.25, 0.3) is 0 Å². The minimum Gasteiger partial charge on any atom is -0.476 e. The molecular weight excluding hydrogens is 312 g/mol. The van der Waals surface area contributed by atoms with Crippen molar-refractivity contribution in [2.45, 2.75) is 18.8 Å². The Balaban J connectivity index is 2.17. The van der Waals surface area contributed by atoms with Crippen LogP contribution in [0, 0.1) is 0 Å². The lowest BCUT2D eigenvalue weighted by molar-refractivity contribution is -0.0221. The van der Waals surface area contributed by atoms with Gasteiger partial charge in [0.1, 0.15) is 4.60 Å². The van der Waals surface area contributed by atoms with E-state index in [1.54, 1.807) is 4.90 Å². The number of hydrogen-bond donors (Lipinski definition) is 1. The molecule has 0 aliphatic carbocycles. The minimum atomic E-state index is -2.63. The number of alkyl halides is 2. The van der Waals surface area contributed by atoms with Crippen LogP contribution in [0.3, 0.4) is 0 Å². The maximum absolute atomic E-state index is 13.0. The number of halogens is 3. The van der Waals surface area contributed by atoms with Gasteiger partial charge in [0.05, 0.1) is 6.20 Å². The highest BCUT2D eigenvalue weighted by molar-refractivity contribution is 9.10. The van der Waals surface area contributed by atoms with E-state index in [2.05, 4.69) is 25.9 Å². The van der Waals surface area contributed by atoms with Crippen LogP contribution in [0.15, 0.2) is 10.8 Å². The Morgan fingerprint density at radius 1 is 1.44 bits per heavy atom. The van der Waals surface area contributed by atoms with Crippen LogP contribution < -0.4 is 4.90 Å². The van der Waals surface area contributed by atoms with Gasteiger partial charge in [-0.15, -0.1) is 0 Å². The van der Waals surface area contributed by atoms with Crippen LogP contribution in [0.4, 0.5) is 14.6 Å². The lowest BCUT2D eigenvalue weighted by Gasteiger charge is -2.32. The molecule has 8 heteroatoms. The van der Waals surface area contributed by atoms with Gasteiger partial charge in [0, 0.05) is 25.9 Å². The Hall–Kier alpha value is -1.31. The molecule has 1 aromatic rings. The zero-order chi connectivity index (χ0) is 13.3. The molecule has 0 saturated carbocycles. The van der Waals surface area contributed by atoms with Gasteiger partial charge in [-0.2, -0.15) is 0 Å². The zero-order valence-corrected chi connectivity index (χ0v) is 10.8. The van der Waals surface area contributed by atoms with Crippen LogP contribution in [-0.4, -0.2) is 40.1 Å². The molecule has 1 aliphatic heterocycles. The van der Waals surface area contributed by atoms with Crippen LogP contribution in [0.5, 0.6) is 0 Å². The molecule has 18 heavy (non-hydrogen) atoms. The molecule has 2 heterocycles. The van der Waals surface area contributed by atoms with Crippen molar-refractivity contribution in [3.63, 3.8) is 0 Å². The minimum absolute atomic E-state index is 0.173. The second kappa shape index (κ2) is 4.75. The summed E-state index contributed by atoms with van der Waals surface area (Å²) in [4.78, 5) is 20.1. The molecule has 1 aromatic heterocycles. The van der Waals surface area contributed by atoms with Gasteiger partial charge in [-0.25, -0.2) is 23.5 Å². The fourth-order valence-corrected chi connectivity index (χ4v) is 2.27. The van der Waals surface area contributed by atoms with Gasteiger partial charge in [-0.1, -0.05) is 0 Å². The number of anilines is 1. The lowest BCUT2D eigenvalue weighted by atomic mass is 10.1. The zero-order valence-electron chi connectivity index (χ0n) is 9.24. The van der Waals surface area contributed by atoms with E-state index in [0.717, 1.165) is 6.20 Å². The van der Waals surface area contributed by atoms with Crippen molar-refractivity contribution in [2.24, 2.45) is 0 Å². The number of hydrogen-bond acceptors (Lipinski definition) is 4. The molecule has 0 radical (unpaired) electrons. The van der Waals surface area contributed by atoms with Crippen LogP contribution in [0.1, 0.15) is 23.3 Å². The van der Waals surface area contributed by atoms with Gasteiger partial charge in [0.25, 0.3) is 5.92 Å². The highest BCUT2D eigenvalue weighted by Crippen LogP contribution is 2.31. The Morgan fingerprint density at radius 2 is 2.06 bits per heavy atom. The van der Waals surface area contributed by atoms with Gasteiger partial charge in [0.2, 0.25) is 0 Å². The molecule has 0 bridgehead atoms. The summed E-state index contributed by atoms with van der Waals surface area (Å²) in [5, 5.41) is 8.74. The van der Waals surface area contributed by atoms with Crippen molar-refractivity contribution >= 4 is 27.7 Å². The first-order valence-corrected chi connectivity index (χ1v) is 6.07. The highest BCUT2D eigenvalue weighted by Gasteiger charge is 2.35. The van der Waals surface area contributed by atoms with Crippen molar-refractivity contribution in [3.05, 3.63) is 16.5 Å². The predicted octanol–water partition coefficient (Wildman–Crippen LogP) is 2.17. The molecule has 1 N–H and O–H groups in total. The van der Waals surface area contributed by atoms with E-state index < -0.39 is 11.9 Å². The average Bonchev–Trinajstić information content (AvgIpc) is 2.29. The summed E-state index contributed by atoms with van der Waals surface area (Å²) in [7, 11) is 0. The van der Waals surface area contributed by atoms with Crippen LogP contribution in [0.2, 0.25) is 0 Å². The highest BCUT2D eigenvalue weighted by atomic mass is 79.9. The predicted molar refractivity (Wildman–Crippen MR) is 63.1 cm³/mol. The fourth-order valence-electron chi connectivity index (χ4n) is 1.72. The Bertz CT molecular complexity index is 474. The quantitative estimate of drug-likeness (QED) is 0.904. The third kappa shape index (κ3) is 2.74. The summed E-state index contributed by atoms with van der Waals surface area (Å²) < 4.78 is 26.3. The first-order chi connectivity index (χ1) is 8.39. The van der Waals surface area contributed by atoms with Crippen molar-refractivity contribution in [3.8, 4) is 0 Å². The molecule has 1 aliphatic rings. The van der Waals surface area contributed by atoms with Crippen LogP contribution >= 0.6 is 15.9 Å². The summed E-state index contributed by atoms with van der Waals surface area (Å²) in [6.07, 6.45) is 0.652. The first-order valence-electron chi connectivity index (χ1n) is 5.28. The molecule has 5 nitrogen and oxygen atoms in total. The summed E-state index contributed by atoms with van der Waals surface area (Å²) in [5.74, 6) is -3.41. The van der Waals surface area contributed by atoms with Gasteiger partial charge in [0.15, 0.2) is 11.5 Å². The molecule has 0 aromatic carbocycles. The number of carboxylic acids is 1. The van der Waals surface area contributed by atoms with Crippen molar-refractivity contribution in [1.82, 2.24) is 9.97 Å². The van der Waals surface area contributed by atoms with E-state index in [-0.39, 0.29) is 36.2 Å². The van der Waals surface area contributed by atoms with Crippen LogP contribution in [-0.2, 0) is 0 Å². The molecule has 0 atom stereocenters. The second-order valence-electron chi connectivity index (χ2n) is 4.02. The SMILES string of the molecule is O=C(O)c1cnc(N2CCC(F)(F)CC2)c(Br)n1. The molecule has 1 fully saturated rings. The Labute approximate surface area is 110 Å². The Morgan fingerprint density at radius 3 is 2.56 bits per heavy atom. The number of rotatable bonds is 2. The maximum Gasteiger partial charge on any atom is 0.356 e. The average molecular weight is 322 g/mol. The molecule has 0 amide bonds. The monoisotopic (exact) mass is 321 g/mol. The largest absolute Gasteiger partial charge is 0.476 e. The maximum atomic E-state index is 13.0. The second-order valence-corrected chi connectivity index (χ2v) is 4.77. The van der Waals surface area contributed by atoms with E-state index in [0.29, 0.717) is 5.82 Å². The number of aromatic nitrogens is 2. The van der Waals surface area contributed by atoms with Crippen molar-refractivity contribution < 1.29 is 18.7 Å². The smallest absolute Gasteiger partial charge is 0.356 e. The topological polar surface area (TPSA) is 66.3 Å². The normalized spacial score (nSPS) is 18.7. The van der Waals surface area contributed by atoms with E-state index >= 15 is 0 Å². The first kappa shape index (κ1) is 13.1. The van der Waals surface area contributed by atoms with Gasteiger partial charge in [-0.05, 0) is 15.9 Å². The summed E-state index contributed by atoms with van der Waals surface area (Å²) in [5.41, 5.74) is -0.187.